The maximum Gasteiger partial charge on any atom is 0.313 e. The molecule has 0 spiro atoms. The van der Waals surface area contributed by atoms with Gasteiger partial charge < -0.3 is 20.2 Å². The van der Waals surface area contributed by atoms with Crippen LogP contribution in [0.4, 0.5) is 10.1 Å². The highest BCUT2D eigenvalue weighted by Crippen LogP contribution is 2.45. The van der Waals surface area contributed by atoms with E-state index in [0.717, 1.165) is 12.8 Å². The molecule has 1 aliphatic rings. The highest BCUT2D eigenvalue weighted by Gasteiger charge is 2.47. The molecule has 0 saturated heterocycles. The number of para-hydroxylation sites is 1. The first-order chi connectivity index (χ1) is 11.5. The molecule has 1 heterocycles. The third-order valence-corrected chi connectivity index (χ3v) is 4.05. The van der Waals surface area contributed by atoms with Crippen molar-refractivity contribution >= 4 is 17.5 Å². The number of hydrogen-bond acceptors (Lipinski definition) is 4. The predicted octanol–water partition coefficient (Wildman–Crippen LogP) is 1.77. The van der Waals surface area contributed by atoms with Gasteiger partial charge in [-0.1, -0.05) is 12.1 Å². The number of halogens is 1. The van der Waals surface area contributed by atoms with Crippen LogP contribution < -0.4 is 10.6 Å². The Hall–Kier alpha value is -2.67. The zero-order valence-corrected chi connectivity index (χ0v) is 12.8. The Bertz CT molecular complexity index is 743. The van der Waals surface area contributed by atoms with Gasteiger partial charge in [0.25, 0.3) is 0 Å². The first kappa shape index (κ1) is 16.2. The minimum Gasteiger partial charge on any atom is -0.466 e. The van der Waals surface area contributed by atoms with E-state index in [2.05, 4.69) is 10.6 Å². The van der Waals surface area contributed by atoms with Gasteiger partial charge in [0.1, 0.15) is 17.2 Å². The Morgan fingerprint density at radius 3 is 2.58 bits per heavy atom. The predicted molar refractivity (Wildman–Crippen MR) is 83.4 cm³/mol. The molecule has 0 aliphatic heterocycles. The molecule has 1 aliphatic carbocycles. The largest absolute Gasteiger partial charge is 0.466 e. The van der Waals surface area contributed by atoms with Crippen LogP contribution in [-0.2, 0) is 15.2 Å². The van der Waals surface area contributed by atoms with Crippen LogP contribution in [0.15, 0.2) is 47.1 Å². The normalized spacial score (nSPS) is 16.2. The van der Waals surface area contributed by atoms with Gasteiger partial charge in [0.2, 0.25) is 0 Å². The molecule has 0 radical (unpaired) electrons. The second kappa shape index (κ2) is 6.45. The van der Waals surface area contributed by atoms with Crippen molar-refractivity contribution in [2.75, 3.05) is 11.9 Å². The van der Waals surface area contributed by atoms with Crippen LogP contribution in [0.5, 0.6) is 0 Å². The zero-order chi connectivity index (χ0) is 17.2. The number of rotatable bonds is 5. The third kappa shape index (κ3) is 3.30. The lowest BCUT2D eigenvalue weighted by molar-refractivity contribution is -0.137. The third-order valence-electron chi connectivity index (χ3n) is 4.05. The van der Waals surface area contributed by atoms with Gasteiger partial charge >= 0.3 is 11.8 Å². The van der Waals surface area contributed by atoms with Crippen molar-refractivity contribution < 1.29 is 23.5 Å². The molecule has 1 aromatic carbocycles. The topological polar surface area (TPSA) is 91.6 Å². The number of nitrogens with one attached hydrogen (secondary N) is 2. The van der Waals surface area contributed by atoms with Gasteiger partial charge in [-0.2, -0.15) is 0 Å². The average Bonchev–Trinajstić information content (AvgIpc) is 3.29. The van der Waals surface area contributed by atoms with E-state index in [4.69, 9.17) is 4.42 Å². The molecule has 1 unspecified atom stereocenters. The quantitative estimate of drug-likeness (QED) is 0.728. The van der Waals surface area contributed by atoms with Crippen molar-refractivity contribution in [1.29, 1.82) is 0 Å². The van der Waals surface area contributed by atoms with Crippen molar-refractivity contribution in [3.63, 3.8) is 0 Å². The van der Waals surface area contributed by atoms with E-state index in [1.54, 1.807) is 18.2 Å². The van der Waals surface area contributed by atoms with E-state index >= 15 is 0 Å². The molecular weight excluding hydrogens is 315 g/mol. The molecule has 24 heavy (non-hydrogen) atoms. The monoisotopic (exact) mass is 332 g/mol. The fourth-order valence-corrected chi connectivity index (χ4v) is 2.56. The van der Waals surface area contributed by atoms with E-state index in [1.165, 1.54) is 24.5 Å². The second-order valence-electron chi connectivity index (χ2n) is 5.79. The van der Waals surface area contributed by atoms with Gasteiger partial charge in [-0.05, 0) is 43.0 Å². The summed E-state index contributed by atoms with van der Waals surface area (Å²) in [4.78, 5) is 23.8. The van der Waals surface area contributed by atoms with Crippen LogP contribution in [0.3, 0.4) is 0 Å². The first-order valence-electron chi connectivity index (χ1n) is 7.61. The van der Waals surface area contributed by atoms with Gasteiger partial charge in [-0.3, -0.25) is 9.59 Å². The van der Waals surface area contributed by atoms with Gasteiger partial charge in [-0.25, -0.2) is 4.39 Å². The Morgan fingerprint density at radius 1 is 1.21 bits per heavy atom. The van der Waals surface area contributed by atoms with Crippen molar-refractivity contribution in [2.45, 2.75) is 18.4 Å². The van der Waals surface area contributed by atoms with Crippen molar-refractivity contribution in [3.8, 4) is 0 Å². The number of carbonyl (C=O) groups is 2. The SMILES string of the molecule is O=C(NCC(O)(c1ccco1)C1CC1)C(=O)Nc1ccccc1F. The van der Waals surface area contributed by atoms with Gasteiger partial charge in [0, 0.05) is 0 Å². The smallest absolute Gasteiger partial charge is 0.313 e. The lowest BCUT2D eigenvalue weighted by Crippen LogP contribution is -2.45. The van der Waals surface area contributed by atoms with Crippen molar-refractivity contribution in [2.24, 2.45) is 5.92 Å². The van der Waals surface area contributed by atoms with Crippen LogP contribution in [0.25, 0.3) is 0 Å². The number of anilines is 1. The van der Waals surface area contributed by atoms with Gasteiger partial charge in [0.05, 0.1) is 18.5 Å². The molecule has 6 nitrogen and oxygen atoms in total. The van der Waals surface area contributed by atoms with Crippen LogP contribution in [0.2, 0.25) is 0 Å². The summed E-state index contributed by atoms with van der Waals surface area (Å²) in [5, 5.41) is 15.4. The summed E-state index contributed by atoms with van der Waals surface area (Å²) < 4.78 is 18.7. The van der Waals surface area contributed by atoms with Gasteiger partial charge in [-0.15, -0.1) is 0 Å². The highest BCUT2D eigenvalue weighted by atomic mass is 19.1. The average molecular weight is 332 g/mol. The number of amides is 2. The molecule has 3 N–H and O–H groups in total. The van der Waals surface area contributed by atoms with Crippen LogP contribution in [0.1, 0.15) is 18.6 Å². The van der Waals surface area contributed by atoms with E-state index in [1.807, 2.05) is 0 Å². The molecular formula is C17H17FN2O4. The summed E-state index contributed by atoms with van der Waals surface area (Å²) >= 11 is 0. The van der Waals surface area contributed by atoms with Crippen molar-refractivity contribution in [1.82, 2.24) is 5.32 Å². The second-order valence-corrected chi connectivity index (χ2v) is 5.79. The molecule has 1 saturated carbocycles. The molecule has 2 amide bonds. The molecule has 7 heteroatoms. The Kier molecular flexibility index (Phi) is 4.35. The minimum atomic E-state index is -1.35. The Balaban J connectivity index is 1.62. The molecule has 3 rings (SSSR count). The standard InChI is InChI=1S/C17H17FN2O4/c18-12-4-1-2-5-13(12)20-16(22)15(21)19-10-17(23,11-7-8-11)14-6-3-9-24-14/h1-6,9,11,23H,7-8,10H2,(H,19,21)(H,20,22). The number of furan rings is 1. The van der Waals surface area contributed by atoms with Crippen LogP contribution >= 0.6 is 0 Å². The van der Waals surface area contributed by atoms with Crippen LogP contribution in [-0.4, -0.2) is 23.5 Å². The zero-order valence-electron chi connectivity index (χ0n) is 12.8. The fraction of sp³-hybridized carbons (Fsp3) is 0.294. The highest BCUT2D eigenvalue weighted by molar-refractivity contribution is 6.39. The number of carbonyl (C=O) groups excluding carboxylic acids is 2. The maximum atomic E-state index is 13.5. The summed E-state index contributed by atoms with van der Waals surface area (Å²) in [6.45, 7) is -0.158. The summed E-state index contributed by atoms with van der Waals surface area (Å²) in [5.41, 5.74) is -1.43. The van der Waals surface area contributed by atoms with Crippen LogP contribution in [0, 0.1) is 11.7 Å². The first-order valence-corrected chi connectivity index (χ1v) is 7.61. The fourth-order valence-electron chi connectivity index (χ4n) is 2.56. The summed E-state index contributed by atoms with van der Waals surface area (Å²) in [7, 11) is 0. The Labute approximate surface area is 137 Å². The van der Waals surface area contributed by atoms with E-state index in [9.17, 15) is 19.1 Å². The molecule has 1 atom stereocenters. The number of benzene rings is 1. The maximum absolute atomic E-state index is 13.5. The number of hydrogen-bond donors (Lipinski definition) is 3. The van der Waals surface area contributed by atoms with E-state index in [0.29, 0.717) is 5.76 Å². The summed E-state index contributed by atoms with van der Waals surface area (Å²) in [6, 6.07) is 8.82. The molecule has 2 aromatic rings. The molecule has 126 valence electrons. The van der Waals surface area contributed by atoms with Gasteiger partial charge in [0.15, 0.2) is 0 Å². The number of aliphatic hydroxyl groups is 1. The lowest BCUT2D eigenvalue weighted by atomic mass is 9.94. The van der Waals surface area contributed by atoms with E-state index < -0.39 is 23.2 Å². The molecule has 0 bridgehead atoms. The summed E-state index contributed by atoms with van der Waals surface area (Å²) in [5.74, 6) is -2.27. The lowest BCUT2D eigenvalue weighted by Gasteiger charge is -2.26. The molecule has 1 aromatic heterocycles. The summed E-state index contributed by atoms with van der Waals surface area (Å²) in [6.07, 6.45) is 3.07. The minimum absolute atomic E-state index is 0.0291. The Morgan fingerprint density at radius 2 is 1.96 bits per heavy atom. The molecule has 1 fully saturated rings. The van der Waals surface area contributed by atoms with E-state index in [-0.39, 0.29) is 18.2 Å². The van der Waals surface area contributed by atoms with Crippen molar-refractivity contribution in [3.05, 3.63) is 54.2 Å².